The van der Waals surface area contributed by atoms with Crippen molar-refractivity contribution in [3.05, 3.63) is 23.2 Å². The average molecular weight is 289 g/mol. The van der Waals surface area contributed by atoms with Gasteiger partial charge in [0.25, 0.3) is 0 Å². The van der Waals surface area contributed by atoms with Gasteiger partial charge in [0.1, 0.15) is 0 Å². The van der Waals surface area contributed by atoms with Gasteiger partial charge in [-0.3, -0.25) is 0 Å². The highest BCUT2D eigenvalue weighted by atomic mass is 35.5. The molecule has 6 heteroatoms. The molecule has 1 aromatic carbocycles. The van der Waals surface area contributed by atoms with E-state index in [2.05, 4.69) is 16.8 Å². The largest absolute Gasteiger partial charge is 0.368 e. The maximum atomic E-state index is 11.8. The highest BCUT2D eigenvalue weighted by Crippen LogP contribution is 2.29. The van der Waals surface area contributed by atoms with Gasteiger partial charge in [0, 0.05) is 37.5 Å². The van der Waals surface area contributed by atoms with Crippen molar-refractivity contribution < 1.29 is 8.42 Å². The van der Waals surface area contributed by atoms with Crippen LogP contribution in [0.3, 0.4) is 0 Å². The van der Waals surface area contributed by atoms with E-state index in [0.29, 0.717) is 9.92 Å². The number of rotatable bonds is 2. The maximum Gasteiger partial charge on any atom is 0.177 e. The smallest absolute Gasteiger partial charge is 0.177 e. The SMILES string of the molecule is CN1CCN(c2ccc(Cl)cc2S(C)(=O)=O)CC1. The molecule has 0 aliphatic carbocycles. The van der Waals surface area contributed by atoms with Crippen molar-refractivity contribution in [2.45, 2.75) is 4.90 Å². The predicted octanol–water partition coefficient (Wildman–Crippen LogP) is 1.50. The minimum atomic E-state index is -3.26. The summed E-state index contributed by atoms with van der Waals surface area (Å²) in [5, 5.41) is 0.452. The van der Waals surface area contributed by atoms with Gasteiger partial charge in [0.2, 0.25) is 0 Å². The molecule has 100 valence electrons. The Morgan fingerprint density at radius 3 is 2.33 bits per heavy atom. The Morgan fingerprint density at radius 1 is 1.17 bits per heavy atom. The molecule has 18 heavy (non-hydrogen) atoms. The number of piperazine rings is 1. The quantitative estimate of drug-likeness (QED) is 0.827. The zero-order valence-electron chi connectivity index (χ0n) is 10.6. The number of sulfone groups is 1. The molecular formula is C12H17ClN2O2S. The van der Waals surface area contributed by atoms with Crippen molar-refractivity contribution in [3.63, 3.8) is 0 Å². The molecule has 1 saturated heterocycles. The molecule has 0 bridgehead atoms. The summed E-state index contributed by atoms with van der Waals surface area (Å²) >= 11 is 5.89. The van der Waals surface area contributed by atoms with E-state index in [4.69, 9.17) is 11.6 Å². The molecule has 4 nitrogen and oxygen atoms in total. The summed E-state index contributed by atoms with van der Waals surface area (Å²) in [6.07, 6.45) is 1.22. The Morgan fingerprint density at radius 2 is 1.78 bits per heavy atom. The fourth-order valence-electron chi connectivity index (χ4n) is 2.09. The summed E-state index contributed by atoms with van der Waals surface area (Å²) in [4.78, 5) is 4.65. The van der Waals surface area contributed by atoms with Crippen LogP contribution in [-0.4, -0.2) is 52.8 Å². The lowest BCUT2D eigenvalue weighted by atomic mass is 10.2. The third kappa shape index (κ3) is 2.96. The summed E-state index contributed by atoms with van der Waals surface area (Å²) < 4.78 is 23.6. The first-order valence-electron chi connectivity index (χ1n) is 5.81. The molecule has 0 unspecified atom stereocenters. The highest BCUT2D eigenvalue weighted by Gasteiger charge is 2.21. The number of nitrogens with zero attached hydrogens (tertiary/aromatic N) is 2. The van der Waals surface area contributed by atoms with Crippen LogP contribution in [0.2, 0.25) is 5.02 Å². The molecule has 0 atom stereocenters. The zero-order valence-corrected chi connectivity index (χ0v) is 12.1. The number of benzene rings is 1. The van der Waals surface area contributed by atoms with E-state index in [1.807, 2.05) is 0 Å². The second kappa shape index (κ2) is 5.07. The molecule has 0 saturated carbocycles. The van der Waals surface area contributed by atoms with Crippen LogP contribution in [0, 0.1) is 0 Å². The van der Waals surface area contributed by atoms with Crippen LogP contribution in [0.1, 0.15) is 0 Å². The van der Waals surface area contributed by atoms with E-state index in [-0.39, 0.29) is 0 Å². The Hall–Kier alpha value is -0.780. The monoisotopic (exact) mass is 288 g/mol. The van der Waals surface area contributed by atoms with E-state index < -0.39 is 9.84 Å². The standard InChI is InChI=1S/C12H17ClN2O2S/c1-14-5-7-15(8-6-14)11-4-3-10(13)9-12(11)18(2,16)17/h3-4,9H,5-8H2,1-2H3. The van der Waals surface area contributed by atoms with Crippen LogP contribution in [0.5, 0.6) is 0 Å². The normalized spacial score (nSPS) is 18.1. The molecule has 0 amide bonds. The summed E-state index contributed by atoms with van der Waals surface area (Å²) in [5.74, 6) is 0. The molecule has 2 rings (SSSR count). The highest BCUT2D eigenvalue weighted by molar-refractivity contribution is 7.90. The summed E-state index contributed by atoms with van der Waals surface area (Å²) in [6, 6.07) is 5.07. The van der Waals surface area contributed by atoms with Crippen LogP contribution in [0.15, 0.2) is 23.1 Å². The van der Waals surface area contributed by atoms with Crippen LogP contribution >= 0.6 is 11.6 Å². The van der Waals surface area contributed by atoms with Crippen LogP contribution < -0.4 is 4.90 Å². The van der Waals surface area contributed by atoms with Crippen molar-refractivity contribution in [3.8, 4) is 0 Å². The van der Waals surface area contributed by atoms with Crippen molar-refractivity contribution >= 4 is 27.1 Å². The van der Waals surface area contributed by atoms with Crippen molar-refractivity contribution in [1.29, 1.82) is 0 Å². The molecule has 1 aliphatic heterocycles. The van der Waals surface area contributed by atoms with Gasteiger partial charge in [-0.05, 0) is 25.2 Å². The molecule has 1 aromatic rings. The third-order valence-electron chi connectivity index (χ3n) is 3.17. The molecule has 1 fully saturated rings. The van der Waals surface area contributed by atoms with Crippen LogP contribution in [0.25, 0.3) is 0 Å². The zero-order chi connectivity index (χ0) is 13.3. The second-order valence-electron chi connectivity index (χ2n) is 4.67. The minimum Gasteiger partial charge on any atom is -0.368 e. The molecular weight excluding hydrogens is 272 g/mol. The Bertz CT molecular complexity index is 537. The van der Waals surface area contributed by atoms with E-state index in [1.165, 1.54) is 12.3 Å². The first kappa shape index (κ1) is 13.6. The maximum absolute atomic E-state index is 11.8. The van der Waals surface area contributed by atoms with Crippen molar-refractivity contribution in [2.24, 2.45) is 0 Å². The number of likely N-dealkylation sites (N-methyl/N-ethyl adjacent to an activating group) is 1. The number of hydrogen-bond donors (Lipinski definition) is 0. The van der Waals surface area contributed by atoms with E-state index in [9.17, 15) is 8.42 Å². The molecule has 0 spiro atoms. The van der Waals surface area contributed by atoms with Crippen LogP contribution in [0.4, 0.5) is 5.69 Å². The number of halogens is 1. The van der Waals surface area contributed by atoms with Gasteiger partial charge in [0.15, 0.2) is 9.84 Å². The molecule has 0 aromatic heterocycles. The second-order valence-corrected chi connectivity index (χ2v) is 7.10. The number of anilines is 1. The summed E-state index contributed by atoms with van der Waals surface area (Å²) in [6.45, 7) is 3.54. The van der Waals surface area contributed by atoms with E-state index >= 15 is 0 Å². The van der Waals surface area contributed by atoms with Crippen LogP contribution in [-0.2, 0) is 9.84 Å². The van der Waals surface area contributed by atoms with Gasteiger partial charge in [-0.25, -0.2) is 8.42 Å². The average Bonchev–Trinajstić information content (AvgIpc) is 2.29. The van der Waals surface area contributed by atoms with Crippen molar-refractivity contribution in [2.75, 3.05) is 44.4 Å². The lowest BCUT2D eigenvalue weighted by Crippen LogP contribution is -2.44. The van der Waals surface area contributed by atoms with Gasteiger partial charge >= 0.3 is 0 Å². The van der Waals surface area contributed by atoms with E-state index in [0.717, 1.165) is 31.9 Å². The predicted molar refractivity (Wildman–Crippen MR) is 74.3 cm³/mol. The van der Waals surface area contributed by atoms with Crippen molar-refractivity contribution in [1.82, 2.24) is 4.90 Å². The van der Waals surface area contributed by atoms with Gasteiger partial charge < -0.3 is 9.80 Å². The molecule has 0 radical (unpaired) electrons. The fraction of sp³-hybridized carbons (Fsp3) is 0.500. The molecule has 1 heterocycles. The summed E-state index contributed by atoms with van der Waals surface area (Å²) in [5.41, 5.74) is 0.759. The van der Waals surface area contributed by atoms with Gasteiger partial charge in [-0.15, -0.1) is 0 Å². The van der Waals surface area contributed by atoms with Gasteiger partial charge in [-0.2, -0.15) is 0 Å². The first-order chi connectivity index (χ1) is 8.38. The lowest BCUT2D eigenvalue weighted by molar-refractivity contribution is 0.312. The fourth-order valence-corrected chi connectivity index (χ4v) is 3.25. The van der Waals surface area contributed by atoms with Gasteiger partial charge in [-0.1, -0.05) is 11.6 Å². The van der Waals surface area contributed by atoms with E-state index in [1.54, 1.807) is 12.1 Å². The Balaban J connectivity index is 2.39. The Labute approximate surface area is 113 Å². The third-order valence-corrected chi connectivity index (χ3v) is 4.53. The molecule has 1 aliphatic rings. The lowest BCUT2D eigenvalue weighted by Gasteiger charge is -2.34. The molecule has 0 N–H and O–H groups in total. The van der Waals surface area contributed by atoms with Gasteiger partial charge in [0.05, 0.1) is 10.6 Å². The Kier molecular flexibility index (Phi) is 3.84. The first-order valence-corrected chi connectivity index (χ1v) is 8.08. The minimum absolute atomic E-state index is 0.319. The topological polar surface area (TPSA) is 40.6 Å². The number of hydrogen-bond acceptors (Lipinski definition) is 4. The summed E-state index contributed by atoms with van der Waals surface area (Å²) in [7, 11) is -1.19.